The minimum Gasteiger partial charge on any atom is -0.306 e. The van der Waals surface area contributed by atoms with Gasteiger partial charge in [0.15, 0.2) is 0 Å². The Morgan fingerprint density at radius 3 is 2.05 bits per heavy atom. The normalized spacial score (nSPS) is 21.9. The molecule has 0 N–H and O–H groups in total. The Morgan fingerprint density at radius 1 is 0.895 bits per heavy atom. The summed E-state index contributed by atoms with van der Waals surface area (Å²) in [5, 5.41) is 0. The standard InChI is InChI=1S/C18H37N/c1-4-6-8-9-11-13-17(12-10-7-5-2)18-14-15-19(3)16-18/h17-18H,4-16H2,1-3H3/t17?,18-/m1/s1. The van der Waals surface area contributed by atoms with Gasteiger partial charge in [0.1, 0.15) is 0 Å². The maximum Gasteiger partial charge on any atom is 0.000973 e. The summed E-state index contributed by atoms with van der Waals surface area (Å²) in [7, 11) is 2.30. The molecule has 0 aromatic heterocycles. The SMILES string of the molecule is CCCCCCCC(CCCCC)[C@@H]1CCN(C)C1. The molecule has 0 aromatic carbocycles. The summed E-state index contributed by atoms with van der Waals surface area (Å²) in [5.74, 6) is 2.03. The lowest BCUT2D eigenvalue weighted by Gasteiger charge is -2.23. The van der Waals surface area contributed by atoms with Gasteiger partial charge >= 0.3 is 0 Å². The molecule has 0 spiro atoms. The lowest BCUT2D eigenvalue weighted by Crippen LogP contribution is -2.20. The molecule has 0 aromatic rings. The van der Waals surface area contributed by atoms with Gasteiger partial charge in [0.25, 0.3) is 0 Å². The Balaban J connectivity index is 2.23. The number of hydrogen-bond acceptors (Lipinski definition) is 1. The molecule has 1 nitrogen and oxygen atoms in total. The Hall–Kier alpha value is -0.0400. The van der Waals surface area contributed by atoms with E-state index in [1.165, 1.54) is 83.7 Å². The highest BCUT2D eigenvalue weighted by molar-refractivity contribution is 4.79. The minimum absolute atomic E-state index is 1.01. The molecule has 0 radical (unpaired) electrons. The highest BCUT2D eigenvalue weighted by atomic mass is 15.1. The topological polar surface area (TPSA) is 3.24 Å². The summed E-state index contributed by atoms with van der Waals surface area (Å²) in [6, 6.07) is 0. The zero-order chi connectivity index (χ0) is 13.9. The van der Waals surface area contributed by atoms with E-state index in [1.54, 1.807) is 0 Å². The maximum atomic E-state index is 2.54. The van der Waals surface area contributed by atoms with Gasteiger partial charge in [-0.2, -0.15) is 0 Å². The third-order valence-electron chi connectivity index (χ3n) is 4.95. The van der Waals surface area contributed by atoms with Gasteiger partial charge in [-0.1, -0.05) is 78.1 Å². The molecule has 1 aliphatic heterocycles. The average molecular weight is 268 g/mol. The van der Waals surface area contributed by atoms with Crippen molar-refractivity contribution in [3.8, 4) is 0 Å². The second-order valence-electron chi connectivity index (χ2n) is 6.77. The zero-order valence-corrected chi connectivity index (χ0v) is 13.8. The van der Waals surface area contributed by atoms with Gasteiger partial charge in [-0.3, -0.25) is 0 Å². The van der Waals surface area contributed by atoms with Crippen molar-refractivity contribution in [3.05, 3.63) is 0 Å². The fourth-order valence-electron chi connectivity index (χ4n) is 3.64. The quantitative estimate of drug-likeness (QED) is 0.447. The molecule has 1 unspecified atom stereocenters. The third-order valence-corrected chi connectivity index (χ3v) is 4.95. The second-order valence-corrected chi connectivity index (χ2v) is 6.77. The molecule has 114 valence electrons. The summed E-state index contributed by atoms with van der Waals surface area (Å²) in [6.07, 6.45) is 16.0. The molecule has 0 amide bonds. The predicted octanol–water partition coefficient (Wildman–Crippen LogP) is 5.50. The summed E-state index contributed by atoms with van der Waals surface area (Å²) >= 11 is 0. The van der Waals surface area contributed by atoms with Crippen molar-refractivity contribution < 1.29 is 0 Å². The minimum atomic E-state index is 1.01. The van der Waals surface area contributed by atoms with E-state index >= 15 is 0 Å². The first-order valence-corrected chi connectivity index (χ1v) is 8.96. The van der Waals surface area contributed by atoms with Gasteiger partial charge in [-0.05, 0) is 31.8 Å². The van der Waals surface area contributed by atoms with E-state index in [9.17, 15) is 0 Å². The Morgan fingerprint density at radius 2 is 1.47 bits per heavy atom. The average Bonchev–Trinajstić information content (AvgIpc) is 2.83. The summed E-state index contributed by atoms with van der Waals surface area (Å²) in [5.41, 5.74) is 0. The summed E-state index contributed by atoms with van der Waals surface area (Å²) in [6.45, 7) is 7.33. The molecule has 1 heteroatoms. The van der Waals surface area contributed by atoms with Crippen LogP contribution in [0.15, 0.2) is 0 Å². The van der Waals surface area contributed by atoms with Crippen molar-refractivity contribution in [1.29, 1.82) is 0 Å². The third kappa shape index (κ3) is 7.34. The predicted molar refractivity (Wildman–Crippen MR) is 86.6 cm³/mol. The van der Waals surface area contributed by atoms with Crippen molar-refractivity contribution in [2.24, 2.45) is 11.8 Å². The van der Waals surface area contributed by atoms with Crippen LogP contribution in [0, 0.1) is 11.8 Å². The van der Waals surface area contributed by atoms with Gasteiger partial charge in [-0.25, -0.2) is 0 Å². The van der Waals surface area contributed by atoms with Crippen LogP contribution < -0.4 is 0 Å². The summed E-state index contributed by atoms with van der Waals surface area (Å²) < 4.78 is 0. The Kier molecular flexibility index (Phi) is 9.59. The molecule has 1 fully saturated rings. The highest BCUT2D eigenvalue weighted by Gasteiger charge is 2.26. The van der Waals surface area contributed by atoms with Crippen molar-refractivity contribution in [2.75, 3.05) is 20.1 Å². The molecule has 2 atom stereocenters. The van der Waals surface area contributed by atoms with Crippen LogP contribution in [0.4, 0.5) is 0 Å². The smallest absolute Gasteiger partial charge is 0.000973 e. The number of likely N-dealkylation sites (tertiary alicyclic amines) is 1. The molecule has 19 heavy (non-hydrogen) atoms. The van der Waals surface area contributed by atoms with E-state index < -0.39 is 0 Å². The molecular weight excluding hydrogens is 230 g/mol. The first-order chi connectivity index (χ1) is 9.27. The highest BCUT2D eigenvalue weighted by Crippen LogP contribution is 2.31. The van der Waals surface area contributed by atoms with Crippen LogP contribution in [-0.4, -0.2) is 25.0 Å². The van der Waals surface area contributed by atoms with E-state index in [0.29, 0.717) is 0 Å². The lowest BCUT2D eigenvalue weighted by atomic mass is 9.83. The number of hydrogen-bond donors (Lipinski definition) is 0. The van der Waals surface area contributed by atoms with E-state index in [4.69, 9.17) is 0 Å². The zero-order valence-electron chi connectivity index (χ0n) is 13.8. The van der Waals surface area contributed by atoms with Crippen LogP contribution >= 0.6 is 0 Å². The van der Waals surface area contributed by atoms with Crippen LogP contribution in [0.5, 0.6) is 0 Å². The van der Waals surface area contributed by atoms with Crippen molar-refractivity contribution in [3.63, 3.8) is 0 Å². The second kappa shape index (κ2) is 10.7. The molecule has 0 saturated carbocycles. The number of nitrogens with zero attached hydrogens (tertiary/aromatic N) is 1. The van der Waals surface area contributed by atoms with Gasteiger partial charge in [-0.15, -0.1) is 0 Å². The maximum absolute atomic E-state index is 2.54. The molecule has 1 saturated heterocycles. The molecule has 1 rings (SSSR count). The molecule has 1 aliphatic rings. The lowest BCUT2D eigenvalue weighted by molar-refractivity contribution is 0.274. The van der Waals surface area contributed by atoms with E-state index in [0.717, 1.165) is 11.8 Å². The van der Waals surface area contributed by atoms with Gasteiger partial charge in [0, 0.05) is 6.54 Å². The van der Waals surface area contributed by atoms with E-state index in [1.807, 2.05) is 0 Å². The summed E-state index contributed by atoms with van der Waals surface area (Å²) in [4.78, 5) is 2.54. The van der Waals surface area contributed by atoms with Gasteiger partial charge < -0.3 is 4.90 Å². The molecular formula is C18H37N. The molecule has 0 aliphatic carbocycles. The fraction of sp³-hybridized carbons (Fsp3) is 1.00. The van der Waals surface area contributed by atoms with Crippen LogP contribution in [-0.2, 0) is 0 Å². The van der Waals surface area contributed by atoms with Crippen LogP contribution in [0.1, 0.15) is 84.5 Å². The van der Waals surface area contributed by atoms with Crippen molar-refractivity contribution >= 4 is 0 Å². The van der Waals surface area contributed by atoms with Gasteiger partial charge in [0.05, 0.1) is 0 Å². The van der Waals surface area contributed by atoms with Crippen LogP contribution in [0.2, 0.25) is 0 Å². The van der Waals surface area contributed by atoms with E-state index in [2.05, 4.69) is 25.8 Å². The Bertz CT molecular complexity index is 202. The fourth-order valence-corrected chi connectivity index (χ4v) is 3.64. The van der Waals surface area contributed by atoms with E-state index in [-0.39, 0.29) is 0 Å². The monoisotopic (exact) mass is 267 g/mol. The number of unbranched alkanes of at least 4 members (excludes halogenated alkanes) is 6. The largest absolute Gasteiger partial charge is 0.306 e. The van der Waals surface area contributed by atoms with Crippen LogP contribution in [0.25, 0.3) is 0 Å². The molecule has 1 heterocycles. The van der Waals surface area contributed by atoms with Gasteiger partial charge in [0.2, 0.25) is 0 Å². The number of rotatable bonds is 11. The van der Waals surface area contributed by atoms with Crippen molar-refractivity contribution in [1.82, 2.24) is 4.90 Å². The first kappa shape index (κ1) is 17.0. The van der Waals surface area contributed by atoms with Crippen LogP contribution in [0.3, 0.4) is 0 Å². The molecule has 0 bridgehead atoms. The van der Waals surface area contributed by atoms with Crippen molar-refractivity contribution in [2.45, 2.75) is 84.5 Å². The first-order valence-electron chi connectivity index (χ1n) is 8.96. The Labute approximate surface area is 122 Å².